The molecule has 0 aliphatic carbocycles. The predicted octanol–water partition coefficient (Wildman–Crippen LogP) is 12.3. The first-order chi connectivity index (χ1) is 22.0. The Morgan fingerprint density at radius 2 is 1.09 bits per heavy atom. The average Bonchev–Trinajstić information content (AvgIpc) is 3.06. The molecular formula is C40H39Br2N3. The summed E-state index contributed by atoms with van der Waals surface area (Å²) in [6.07, 6.45) is 23.6. The number of allylic oxidation sites excluding steroid dienone is 6. The molecule has 45 heavy (non-hydrogen) atoms. The van der Waals surface area contributed by atoms with Crippen LogP contribution in [-0.4, -0.2) is 0 Å². The lowest BCUT2D eigenvalue weighted by atomic mass is 9.99. The highest BCUT2D eigenvalue weighted by Crippen LogP contribution is 2.33. The molecule has 1 heterocycles. The van der Waals surface area contributed by atoms with Crippen molar-refractivity contribution in [3.05, 3.63) is 145 Å². The van der Waals surface area contributed by atoms with Crippen molar-refractivity contribution in [3.63, 3.8) is 0 Å². The van der Waals surface area contributed by atoms with E-state index in [0.29, 0.717) is 5.57 Å². The van der Waals surface area contributed by atoms with Crippen molar-refractivity contribution in [1.82, 2.24) is 0 Å². The molecule has 0 unspecified atom stereocenters. The number of hydrogen-bond acceptors (Lipinski definition) is 3. The van der Waals surface area contributed by atoms with Crippen LogP contribution in [0.15, 0.2) is 129 Å². The van der Waals surface area contributed by atoms with Gasteiger partial charge in [-0.3, -0.25) is 0 Å². The van der Waals surface area contributed by atoms with E-state index in [4.69, 9.17) is 0 Å². The zero-order valence-corrected chi connectivity index (χ0v) is 29.0. The van der Waals surface area contributed by atoms with Crippen molar-refractivity contribution in [2.24, 2.45) is 0 Å². The lowest BCUT2D eigenvalue weighted by molar-refractivity contribution is 0.575. The van der Waals surface area contributed by atoms with Crippen LogP contribution in [0.2, 0.25) is 0 Å². The van der Waals surface area contributed by atoms with Gasteiger partial charge >= 0.3 is 0 Å². The quantitative estimate of drug-likeness (QED) is 0.123. The van der Waals surface area contributed by atoms with Gasteiger partial charge in [0.2, 0.25) is 0 Å². The maximum atomic E-state index is 9.74. The minimum Gasteiger partial charge on any atom is -0.310 e. The van der Waals surface area contributed by atoms with Gasteiger partial charge in [-0.1, -0.05) is 132 Å². The van der Waals surface area contributed by atoms with Gasteiger partial charge in [0.25, 0.3) is 0 Å². The Labute approximate surface area is 285 Å². The third kappa shape index (κ3) is 10.6. The maximum Gasteiger partial charge on any atom is 0.137 e. The molecule has 0 atom stereocenters. The smallest absolute Gasteiger partial charge is 0.137 e. The molecule has 0 bridgehead atoms. The van der Waals surface area contributed by atoms with E-state index in [9.17, 15) is 10.5 Å². The fourth-order valence-corrected chi connectivity index (χ4v) is 5.79. The second-order valence-electron chi connectivity index (χ2n) is 11.2. The number of nitrogens with zero attached hydrogens (tertiary/aromatic N) is 3. The summed E-state index contributed by atoms with van der Waals surface area (Å²) in [4.78, 5) is 2.18. The zero-order chi connectivity index (χ0) is 31.9. The highest BCUT2D eigenvalue weighted by molar-refractivity contribution is 9.10. The van der Waals surface area contributed by atoms with E-state index >= 15 is 0 Å². The van der Waals surface area contributed by atoms with Gasteiger partial charge in [0.1, 0.15) is 17.7 Å². The number of rotatable bonds is 14. The van der Waals surface area contributed by atoms with E-state index in [1.54, 1.807) is 0 Å². The van der Waals surface area contributed by atoms with Crippen molar-refractivity contribution in [2.75, 3.05) is 4.90 Å². The van der Waals surface area contributed by atoms with Crippen molar-refractivity contribution in [2.45, 2.75) is 64.7 Å². The van der Waals surface area contributed by atoms with Crippen LogP contribution in [-0.2, 0) is 6.42 Å². The minimum absolute atomic E-state index is 0.0828. The van der Waals surface area contributed by atoms with E-state index < -0.39 is 0 Å². The fraction of sp³-hybridized carbons (Fsp3) is 0.250. The number of hydrogen-bond donors (Lipinski definition) is 0. The Kier molecular flexibility index (Phi) is 13.7. The largest absolute Gasteiger partial charge is 0.310 e. The molecule has 3 nitrogen and oxygen atoms in total. The molecule has 3 aromatic rings. The first-order valence-corrected chi connectivity index (χ1v) is 17.3. The van der Waals surface area contributed by atoms with Gasteiger partial charge in [-0.25, -0.2) is 0 Å². The van der Waals surface area contributed by atoms with Crippen LogP contribution in [0.1, 0.15) is 75.0 Å². The third-order valence-electron chi connectivity index (χ3n) is 7.78. The molecule has 4 rings (SSSR count). The molecule has 0 N–H and O–H groups in total. The molecule has 1 aliphatic rings. The van der Waals surface area contributed by atoms with Crippen molar-refractivity contribution < 1.29 is 0 Å². The minimum atomic E-state index is 0.0828. The standard InChI is InChI=1S/C40H39Br2N3/c1-2-3-4-5-6-7-8-9-10-31-15-23-38(24-16-31)45-39(25-17-32-11-19-36(41)20-12-32)27-34(35(29-43)30-44)28-40(45)26-18-33-13-21-37(42)22-14-33/h11-28H,2-10H2,1H3/b25-17+,26-18+. The third-order valence-corrected chi connectivity index (χ3v) is 8.84. The number of aryl methyl sites for hydroxylation is 1. The van der Waals surface area contributed by atoms with E-state index in [-0.39, 0.29) is 5.57 Å². The van der Waals surface area contributed by atoms with Crippen molar-refractivity contribution in [3.8, 4) is 12.1 Å². The highest BCUT2D eigenvalue weighted by atomic mass is 79.9. The summed E-state index contributed by atoms with van der Waals surface area (Å²) in [6.45, 7) is 2.26. The molecular weight excluding hydrogens is 682 g/mol. The van der Waals surface area contributed by atoms with Crippen LogP contribution in [0.4, 0.5) is 5.69 Å². The first kappa shape index (κ1) is 34.0. The molecule has 5 heteroatoms. The van der Waals surface area contributed by atoms with Crippen LogP contribution >= 0.6 is 31.9 Å². The van der Waals surface area contributed by atoms with E-state index in [2.05, 4.69) is 92.2 Å². The molecule has 228 valence electrons. The number of nitriles is 2. The molecule has 1 aliphatic heterocycles. The normalized spacial score (nSPS) is 13.1. The van der Waals surface area contributed by atoms with Crippen LogP contribution in [0.5, 0.6) is 0 Å². The van der Waals surface area contributed by atoms with Crippen molar-refractivity contribution >= 4 is 49.7 Å². The summed E-state index contributed by atoms with van der Waals surface area (Å²) in [6, 6.07) is 29.2. The predicted molar refractivity (Wildman–Crippen MR) is 196 cm³/mol. The molecule has 0 spiro atoms. The van der Waals surface area contributed by atoms with Crippen molar-refractivity contribution in [1.29, 1.82) is 10.5 Å². The monoisotopic (exact) mass is 719 g/mol. The second-order valence-corrected chi connectivity index (χ2v) is 13.0. The Balaban J connectivity index is 1.63. The lowest BCUT2D eigenvalue weighted by Gasteiger charge is -2.31. The van der Waals surface area contributed by atoms with Gasteiger partial charge < -0.3 is 4.90 Å². The van der Waals surface area contributed by atoms with Crippen LogP contribution in [0.3, 0.4) is 0 Å². The molecule has 0 aromatic heterocycles. The summed E-state index contributed by atoms with van der Waals surface area (Å²) < 4.78 is 2.04. The number of anilines is 1. The second kappa shape index (κ2) is 18.2. The molecule has 0 radical (unpaired) electrons. The maximum absolute atomic E-state index is 9.74. The van der Waals surface area contributed by atoms with E-state index in [1.807, 2.05) is 72.8 Å². The van der Waals surface area contributed by atoms with Gasteiger partial charge in [0.05, 0.1) is 0 Å². The Morgan fingerprint density at radius 1 is 0.622 bits per heavy atom. The SMILES string of the molecule is CCCCCCCCCCc1ccc(N2C(/C=C/c3ccc(Br)cc3)=CC(=C(C#N)C#N)C=C2/C=C/c2ccc(Br)cc2)cc1. The topological polar surface area (TPSA) is 50.8 Å². The van der Waals surface area contributed by atoms with Gasteiger partial charge in [0.15, 0.2) is 0 Å². The van der Waals surface area contributed by atoms with Crippen LogP contribution < -0.4 is 4.90 Å². The Bertz CT molecular complexity index is 1550. The van der Waals surface area contributed by atoms with E-state index in [1.165, 1.54) is 56.9 Å². The van der Waals surface area contributed by atoms with Gasteiger partial charge in [-0.15, -0.1) is 0 Å². The number of unbranched alkanes of at least 4 members (excludes halogenated alkanes) is 7. The summed E-state index contributed by atoms with van der Waals surface area (Å²) in [5, 5.41) is 19.5. The molecule has 0 amide bonds. The first-order valence-electron chi connectivity index (χ1n) is 15.7. The van der Waals surface area contributed by atoms with E-state index in [0.717, 1.165) is 43.6 Å². The van der Waals surface area contributed by atoms with Gasteiger partial charge in [0, 0.05) is 31.6 Å². The molecule has 0 saturated heterocycles. The fourth-order valence-electron chi connectivity index (χ4n) is 5.27. The number of halogens is 2. The number of benzene rings is 3. The Hall–Kier alpha value is -3.90. The summed E-state index contributed by atoms with van der Waals surface area (Å²) in [7, 11) is 0. The molecule has 0 fully saturated rings. The highest BCUT2D eigenvalue weighted by Gasteiger charge is 2.20. The van der Waals surface area contributed by atoms with Crippen LogP contribution in [0.25, 0.3) is 12.2 Å². The zero-order valence-electron chi connectivity index (χ0n) is 25.9. The summed E-state index contributed by atoms with van der Waals surface area (Å²) in [5.41, 5.74) is 6.86. The molecule has 3 aromatic carbocycles. The average molecular weight is 722 g/mol. The lowest BCUT2D eigenvalue weighted by Crippen LogP contribution is -2.23. The summed E-state index contributed by atoms with van der Waals surface area (Å²) >= 11 is 7.03. The van der Waals surface area contributed by atoms with Gasteiger partial charge in [-0.05, 0) is 90.2 Å². The van der Waals surface area contributed by atoms with Crippen LogP contribution in [0, 0.1) is 22.7 Å². The summed E-state index contributed by atoms with van der Waals surface area (Å²) in [5.74, 6) is 0. The Morgan fingerprint density at radius 3 is 1.56 bits per heavy atom. The molecule has 0 saturated carbocycles. The van der Waals surface area contributed by atoms with Gasteiger partial charge in [-0.2, -0.15) is 10.5 Å².